The summed E-state index contributed by atoms with van der Waals surface area (Å²) in [6, 6.07) is 13.1. The fourth-order valence-corrected chi connectivity index (χ4v) is 3.16. The summed E-state index contributed by atoms with van der Waals surface area (Å²) in [5.41, 5.74) is 1.55. The van der Waals surface area contributed by atoms with Gasteiger partial charge in [0.15, 0.2) is 18.2 Å². The van der Waals surface area contributed by atoms with Crippen molar-refractivity contribution in [1.29, 1.82) is 0 Å². The molecule has 2 amide bonds. The first-order valence-electron chi connectivity index (χ1n) is 10.1. The second-order valence-corrected chi connectivity index (χ2v) is 8.39. The minimum atomic E-state index is -0.665. The van der Waals surface area contributed by atoms with Crippen molar-refractivity contribution in [3.05, 3.63) is 65.5 Å². The van der Waals surface area contributed by atoms with E-state index in [1.165, 1.54) is 17.0 Å². The van der Waals surface area contributed by atoms with Gasteiger partial charge in [-0.1, -0.05) is 48.9 Å². The highest BCUT2D eigenvalue weighted by Gasteiger charge is 2.31. The lowest BCUT2D eigenvalue weighted by molar-refractivity contribution is -0.143. The molecule has 0 fully saturated rings. The van der Waals surface area contributed by atoms with Crippen LogP contribution in [0.5, 0.6) is 5.75 Å². The molecule has 0 heterocycles. The van der Waals surface area contributed by atoms with Crippen LogP contribution in [0.4, 0.5) is 4.39 Å². The summed E-state index contributed by atoms with van der Waals surface area (Å²) in [5.74, 6) is -1.13. The van der Waals surface area contributed by atoms with Crippen LogP contribution in [0.3, 0.4) is 0 Å². The number of nitrogens with zero attached hydrogens (tertiary/aromatic N) is 1. The maximum absolute atomic E-state index is 13.9. The third-order valence-corrected chi connectivity index (χ3v) is 4.51. The van der Waals surface area contributed by atoms with E-state index in [1.54, 1.807) is 12.1 Å². The van der Waals surface area contributed by atoms with E-state index in [1.807, 2.05) is 58.9 Å². The molecule has 5 nitrogen and oxygen atoms in total. The molecule has 0 saturated heterocycles. The zero-order valence-corrected chi connectivity index (χ0v) is 18.4. The van der Waals surface area contributed by atoms with Crippen LogP contribution < -0.4 is 10.1 Å². The Bertz CT molecular complexity index is 877. The monoisotopic (exact) mass is 414 g/mol. The van der Waals surface area contributed by atoms with E-state index in [2.05, 4.69) is 5.32 Å². The Kier molecular flexibility index (Phi) is 7.98. The molecule has 2 aromatic rings. The zero-order chi connectivity index (χ0) is 22.3. The van der Waals surface area contributed by atoms with Crippen molar-refractivity contribution >= 4 is 11.8 Å². The molecular formula is C24H31FN2O3. The largest absolute Gasteiger partial charge is 0.481 e. The molecule has 0 saturated carbocycles. The van der Waals surface area contributed by atoms with Gasteiger partial charge < -0.3 is 15.0 Å². The van der Waals surface area contributed by atoms with Gasteiger partial charge in [0.05, 0.1) is 0 Å². The number of carbonyl (C=O) groups is 2. The van der Waals surface area contributed by atoms with Crippen molar-refractivity contribution in [1.82, 2.24) is 10.2 Å². The van der Waals surface area contributed by atoms with Gasteiger partial charge in [0, 0.05) is 12.1 Å². The summed E-state index contributed by atoms with van der Waals surface area (Å²) >= 11 is 0. The molecule has 0 aliphatic carbocycles. The highest BCUT2D eigenvalue weighted by Crippen LogP contribution is 2.18. The minimum absolute atomic E-state index is 0.00791. The number of para-hydroxylation sites is 1. The van der Waals surface area contributed by atoms with Gasteiger partial charge in [-0.05, 0) is 51.8 Å². The van der Waals surface area contributed by atoms with Crippen LogP contribution in [-0.2, 0) is 16.1 Å². The number of carbonyl (C=O) groups excluding carboxylic acids is 2. The molecular weight excluding hydrogens is 383 g/mol. The van der Waals surface area contributed by atoms with Crippen LogP contribution in [0.1, 0.15) is 45.2 Å². The molecule has 0 aliphatic rings. The van der Waals surface area contributed by atoms with E-state index < -0.39 is 17.4 Å². The predicted molar refractivity (Wildman–Crippen MR) is 116 cm³/mol. The van der Waals surface area contributed by atoms with Crippen LogP contribution in [0.15, 0.2) is 48.5 Å². The number of halogens is 1. The fourth-order valence-electron chi connectivity index (χ4n) is 3.16. The molecule has 0 aliphatic heterocycles. The van der Waals surface area contributed by atoms with Gasteiger partial charge in [-0.2, -0.15) is 0 Å². The first kappa shape index (κ1) is 23.4. The highest BCUT2D eigenvalue weighted by molar-refractivity contribution is 5.88. The molecule has 1 N–H and O–H groups in total. The van der Waals surface area contributed by atoms with Crippen LogP contribution in [0, 0.1) is 12.7 Å². The van der Waals surface area contributed by atoms with Crippen LogP contribution in [0.2, 0.25) is 0 Å². The first-order chi connectivity index (χ1) is 14.1. The standard InChI is InChI=1S/C24H31FN2O3/c1-6-20(23(29)26-24(3,4)5)27(15-18-11-9-10-17(2)14-18)22(28)16-30-21-13-8-7-12-19(21)25/h7-14,20H,6,15-16H2,1-5H3,(H,26,29). The number of aryl methyl sites for hydroxylation is 1. The van der Waals surface area contributed by atoms with Gasteiger partial charge in [0.25, 0.3) is 5.91 Å². The Balaban J connectivity index is 2.25. The van der Waals surface area contributed by atoms with Gasteiger partial charge in [0.2, 0.25) is 5.91 Å². The van der Waals surface area contributed by atoms with Crippen molar-refractivity contribution in [2.45, 2.75) is 59.2 Å². The lowest BCUT2D eigenvalue weighted by Gasteiger charge is -2.33. The Morgan fingerprint density at radius 1 is 1.13 bits per heavy atom. The van der Waals surface area contributed by atoms with Crippen LogP contribution >= 0.6 is 0 Å². The highest BCUT2D eigenvalue weighted by atomic mass is 19.1. The average molecular weight is 415 g/mol. The van der Waals surface area contributed by atoms with E-state index in [-0.39, 0.29) is 30.7 Å². The third-order valence-electron chi connectivity index (χ3n) is 4.51. The summed E-state index contributed by atoms with van der Waals surface area (Å²) in [5, 5.41) is 2.95. The molecule has 6 heteroatoms. The molecule has 2 rings (SSSR count). The number of hydrogen-bond acceptors (Lipinski definition) is 3. The molecule has 162 valence electrons. The topological polar surface area (TPSA) is 58.6 Å². The Morgan fingerprint density at radius 3 is 2.43 bits per heavy atom. The number of amides is 2. The van der Waals surface area contributed by atoms with Gasteiger partial charge in [-0.3, -0.25) is 9.59 Å². The Labute approximate surface area is 178 Å². The van der Waals surface area contributed by atoms with Crippen molar-refractivity contribution in [3.63, 3.8) is 0 Å². The molecule has 1 unspecified atom stereocenters. The van der Waals surface area contributed by atoms with Crippen molar-refractivity contribution in [2.24, 2.45) is 0 Å². The van der Waals surface area contributed by atoms with Gasteiger partial charge in [-0.15, -0.1) is 0 Å². The van der Waals surface area contributed by atoms with Crippen molar-refractivity contribution in [2.75, 3.05) is 6.61 Å². The predicted octanol–water partition coefficient (Wildman–Crippen LogP) is 4.24. The smallest absolute Gasteiger partial charge is 0.261 e. The average Bonchev–Trinajstić information content (AvgIpc) is 2.65. The number of hydrogen-bond donors (Lipinski definition) is 1. The van der Waals surface area contributed by atoms with E-state index in [0.29, 0.717) is 6.42 Å². The summed E-state index contributed by atoms with van der Waals surface area (Å²) in [7, 11) is 0. The Hall–Kier alpha value is -2.89. The van der Waals surface area contributed by atoms with E-state index in [0.717, 1.165) is 11.1 Å². The van der Waals surface area contributed by atoms with E-state index in [9.17, 15) is 14.0 Å². The van der Waals surface area contributed by atoms with E-state index in [4.69, 9.17) is 4.74 Å². The molecule has 0 spiro atoms. The number of nitrogens with one attached hydrogen (secondary N) is 1. The SMILES string of the molecule is CCC(C(=O)NC(C)(C)C)N(Cc1cccc(C)c1)C(=O)COc1ccccc1F. The zero-order valence-electron chi connectivity index (χ0n) is 18.4. The molecule has 2 aromatic carbocycles. The number of rotatable bonds is 8. The van der Waals surface area contributed by atoms with Crippen LogP contribution in [0.25, 0.3) is 0 Å². The normalized spacial score (nSPS) is 12.2. The van der Waals surface area contributed by atoms with Gasteiger partial charge >= 0.3 is 0 Å². The van der Waals surface area contributed by atoms with E-state index >= 15 is 0 Å². The van der Waals surface area contributed by atoms with Gasteiger partial charge in [0.1, 0.15) is 6.04 Å². The quantitative estimate of drug-likeness (QED) is 0.703. The van der Waals surface area contributed by atoms with Gasteiger partial charge in [-0.25, -0.2) is 4.39 Å². The maximum Gasteiger partial charge on any atom is 0.261 e. The molecule has 0 aromatic heterocycles. The maximum atomic E-state index is 13.9. The van der Waals surface area contributed by atoms with Crippen molar-refractivity contribution in [3.8, 4) is 5.75 Å². The molecule has 0 bridgehead atoms. The second-order valence-electron chi connectivity index (χ2n) is 8.39. The third kappa shape index (κ3) is 6.87. The first-order valence-corrected chi connectivity index (χ1v) is 10.1. The molecule has 1 atom stereocenters. The fraction of sp³-hybridized carbons (Fsp3) is 0.417. The summed E-state index contributed by atoms with van der Waals surface area (Å²) < 4.78 is 19.3. The van der Waals surface area contributed by atoms with Crippen LogP contribution in [-0.4, -0.2) is 34.9 Å². The summed E-state index contributed by atoms with van der Waals surface area (Å²) in [6.07, 6.45) is 0.444. The molecule has 0 radical (unpaired) electrons. The summed E-state index contributed by atoms with van der Waals surface area (Å²) in [6.45, 7) is 9.42. The lowest BCUT2D eigenvalue weighted by Crippen LogP contribution is -2.54. The second kappa shape index (κ2) is 10.2. The molecule has 30 heavy (non-hydrogen) atoms. The van der Waals surface area contributed by atoms with Crippen molar-refractivity contribution < 1.29 is 18.7 Å². The minimum Gasteiger partial charge on any atom is -0.481 e. The number of benzene rings is 2. The lowest BCUT2D eigenvalue weighted by atomic mass is 10.1. The summed E-state index contributed by atoms with van der Waals surface area (Å²) in [4.78, 5) is 27.5. The Morgan fingerprint density at radius 2 is 1.83 bits per heavy atom. The number of ether oxygens (including phenoxy) is 1.